The van der Waals surface area contributed by atoms with E-state index in [0.29, 0.717) is 31.9 Å². The van der Waals surface area contributed by atoms with Crippen molar-refractivity contribution < 1.29 is 17.9 Å². The predicted molar refractivity (Wildman–Crippen MR) is 82.5 cm³/mol. The second kappa shape index (κ2) is 6.26. The van der Waals surface area contributed by atoms with Gasteiger partial charge in [-0.1, -0.05) is 18.2 Å². The highest BCUT2D eigenvalue weighted by molar-refractivity contribution is 7.91. The zero-order valence-corrected chi connectivity index (χ0v) is 13.1. The molecule has 1 unspecified atom stereocenters. The zero-order valence-electron chi connectivity index (χ0n) is 12.3. The van der Waals surface area contributed by atoms with Crippen LogP contribution in [0.4, 0.5) is 0 Å². The maximum absolute atomic E-state index is 12.8. The molecule has 3 rings (SSSR count). The number of nitrogens with zero attached hydrogens (tertiary/aromatic N) is 1. The van der Waals surface area contributed by atoms with Crippen LogP contribution in [-0.2, 0) is 14.6 Å². The molecule has 1 aromatic rings. The minimum Gasteiger partial charge on any atom is -0.492 e. The Labute approximate surface area is 130 Å². The van der Waals surface area contributed by atoms with Gasteiger partial charge in [0, 0.05) is 25.2 Å². The van der Waals surface area contributed by atoms with Crippen molar-refractivity contribution >= 4 is 15.7 Å². The summed E-state index contributed by atoms with van der Waals surface area (Å²) in [4.78, 5) is 14.5. The monoisotopic (exact) mass is 324 g/mol. The van der Waals surface area contributed by atoms with Gasteiger partial charge in [-0.2, -0.15) is 0 Å². The van der Waals surface area contributed by atoms with E-state index in [1.807, 2.05) is 24.3 Å². The average molecular weight is 324 g/mol. The van der Waals surface area contributed by atoms with Crippen LogP contribution in [0.1, 0.15) is 18.0 Å². The Balaban J connectivity index is 1.82. The fourth-order valence-electron chi connectivity index (χ4n) is 2.89. The summed E-state index contributed by atoms with van der Waals surface area (Å²) in [5, 5.41) is 3.21. The van der Waals surface area contributed by atoms with Crippen LogP contribution in [0.25, 0.3) is 0 Å². The Morgan fingerprint density at radius 1 is 1.23 bits per heavy atom. The highest BCUT2D eigenvalue weighted by Gasteiger charge is 2.31. The van der Waals surface area contributed by atoms with Gasteiger partial charge in [0.1, 0.15) is 18.4 Å². The molecule has 1 N–H and O–H groups in total. The molecule has 1 fully saturated rings. The maximum atomic E-state index is 12.8. The molecular formula is C15H20N2O4S. The third-order valence-electron chi connectivity index (χ3n) is 4.05. The quantitative estimate of drug-likeness (QED) is 0.807. The first-order chi connectivity index (χ1) is 10.6. The number of benzene rings is 1. The van der Waals surface area contributed by atoms with Crippen LogP contribution >= 0.6 is 0 Å². The number of hydrogen-bond donors (Lipinski definition) is 1. The van der Waals surface area contributed by atoms with E-state index >= 15 is 0 Å². The molecule has 0 aromatic heterocycles. The van der Waals surface area contributed by atoms with Crippen LogP contribution in [0.2, 0.25) is 0 Å². The lowest BCUT2D eigenvalue weighted by molar-refractivity contribution is -0.133. The number of sulfone groups is 1. The van der Waals surface area contributed by atoms with Crippen LogP contribution < -0.4 is 10.1 Å². The summed E-state index contributed by atoms with van der Waals surface area (Å²) in [6.45, 7) is 1.84. The molecule has 2 aliphatic rings. The SMILES string of the molecule is O=C(C1NCCOc2ccccc21)N1CCCS(=O)(=O)CC1. The summed E-state index contributed by atoms with van der Waals surface area (Å²) >= 11 is 0. The van der Waals surface area contributed by atoms with Gasteiger partial charge in [-0.25, -0.2) is 8.42 Å². The Kier molecular flexibility index (Phi) is 4.35. The molecule has 0 bridgehead atoms. The highest BCUT2D eigenvalue weighted by Crippen LogP contribution is 2.28. The van der Waals surface area contributed by atoms with Crippen LogP contribution in [-0.4, -0.2) is 57.0 Å². The summed E-state index contributed by atoms with van der Waals surface area (Å²) in [7, 11) is -3.02. The first-order valence-corrected chi connectivity index (χ1v) is 9.33. The van der Waals surface area contributed by atoms with Crippen molar-refractivity contribution in [3.05, 3.63) is 29.8 Å². The number of rotatable bonds is 1. The van der Waals surface area contributed by atoms with Gasteiger partial charge in [-0.05, 0) is 12.5 Å². The fourth-order valence-corrected chi connectivity index (χ4v) is 4.16. The lowest BCUT2D eigenvalue weighted by atomic mass is 10.0. The van der Waals surface area contributed by atoms with Gasteiger partial charge in [0.25, 0.3) is 0 Å². The van der Waals surface area contributed by atoms with E-state index in [9.17, 15) is 13.2 Å². The lowest BCUT2D eigenvalue weighted by Crippen LogP contribution is -2.42. The first kappa shape index (κ1) is 15.3. The van der Waals surface area contributed by atoms with Gasteiger partial charge in [-0.15, -0.1) is 0 Å². The Bertz CT molecular complexity index is 659. The van der Waals surface area contributed by atoms with Crippen molar-refractivity contribution in [1.29, 1.82) is 0 Å². The standard InChI is InChI=1S/C15H20N2O4S/c18-15(17-7-3-10-22(19,20)11-8-17)14-12-4-1-2-5-13(12)21-9-6-16-14/h1-2,4-5,14,16H,3,6-11H2. The van der Waals surface area contributed by atoms with E-state index in [0.717, 1.165) is 5.56 Å². The van der Waals surface area contributed by atoms with Gasteiger partial charge < -0.3 is 9.64 Å². The number of ether oxygens (including phenoxy) is 1. The van der Waals surface area contributed by atoms with E-state index < -0.39 is 15.9 Å². The van der Waals surface area contributed by atoms with Gasteiger partial charge in [0.05, 0.1) is 11.5 Å². The molecule has 22 heavy (non-hydrogen) atoms. The second-order valence-corrected chi connectivity index (χ2v) is 7.91. The minimum absolute atomic E-state index is 0.0452. The van der Waals surface area contributed by atoms with Crippen molar-refractivity contribution in [2.45, 2.75) is 12.5 Å². The predicted octanol–water partition coefficient (Wildman–Crippen LogP) is 0.357. The van der Waals surface area contributed by atoms with E-state index in [2.05, 4.69) is 5.32 Å². The Morgan fingerprint density at radius 3 is 2.91 bits per heavy atom. The maximum Gasteiger partial charge on any atom is 0.244 e. The van der Waals surface area contributed by atoms with E-state index in [-0.39, 0.29) is 24.0 Å². The molecule has 0 radical (unpaired) electrons. The van der Waals surface area contributed by atoms with Crippen molar-refractivity contribution in [3.8, 4) is 5.75 Å². The summed E-state index contributed by atoms with van der Waals surface area (Å²) < 4.78 is 29.0. The third kappa shape index (κ3) is 3.25. The fraction of sp³-hybridized carbons (Fsp3) is 0.533. The van der Waals surface area contributed by atoms with Crippen molar-refractivity contribution in [2.24, 2.45) is 0 Å². The van der Waals surface area contributed by atoms with E-state index in [1.54, 1.807) is 4.90 Å². The largest absolute Gasteiger partial charge is 0.492 e. The van der Waals surface area contributed by atoms with Crippen molar-refractivity contribution in [2.75, 3.05) is 37.7 Å². The van der Waals surface area contributed by atoms with Crippen LogP contribution in [0.15, 0.2) is 24.3 Å². The summed E-state index contributed by atoms with van der Waals surface area (Å²) in [6.07, 6.45) is 0.499. The normalized spacial score (nSPS) is 24.5. The van der Waals surface area contributed by atoms with E-state index in [4.69, 9.17) is 4.74 Å². The number of para-hydroxylation sites is 1. The first-order valence-electron chi connectivity index (χ1n) is 7.51. The Morgan fingerprint density at radius 2 is 2.05 bits per heavy atom. The molecule has 1 atom stereocenters. The highest BCUT2D eigenvalue weighted by atomic mass is 32.2. The molecule has 0 aliphatic carbocycles. The van der Waals surface area contributed by atoms with Crippen LogP contribution in [0, 0.1) is 0 Å². The molecule has 7 heteroatoms. The van der Waals surface area contributed by atoms with Gasteiger partial charge in [0.2, 0.25) is 5.91 Å². The molecule has 1 amide bonds. The number of nitrogens with one attached hydrogen (secondary N) is 1. The number of hydrogen-bond acceptors (Lipinski definition) is 5. The smallest absolute Gasteiger partial charge is 0.244 e. The zero-order chi connectivity index (χ0) is 15.6. The van der Waals surface area contributed by atoms with Gasteiger partial charge in [0.15, 0.2) is 9.84 Å². The molecule has 120 valence electrons. The molecule has 1 aromatic carbocycles. The third-order valence-corrected chi connectivity index (χ3v) is 5.77. The molecule has 6 nitrogen and oxygen atoms in total. The number of carbonyl (C=O) groups excluding carboxylic acids is 1. The van der Waals surface area contributed by atoms with Gasteiger partial charge >= 0.3 is 0 Å². The summed E-state index contributed by atoms with van der Waals surface area (Å²) in [6, 6.07) is 7.02. The van der Waals surface area contributed by atoms with Crippen LogP contribution in [0.5, 0.6) is 5.75 Å². The summed E-state index contributed by atoms with van der Waals surface area (Å²) in [5.41, 5.74) is 0.817. The molecule has 2 aliphatic heterocycles. The molecule has 0 spiro atoms. The average Bonchev–Trinajstić information content (AvgIpc) is 2.82. The van der Waals surface area contributed by atoms with Crippen LogP contribution in [0.3, 0.4) is 0 Å². The molecule has 2 heterocycles. The molecule has 0 saturated carbocycles. The topological polar surface area (TPSA) is 75.7 Å². The summed E-state index contributed by atoms with van der Waals surface area (Å²) in [5.74, 6) is 0.849. The Hall–Kier alpha value is -1.60. The lowest BCUT2D eigenvalue weighted by Gasteiger charge is -2.26. The van der Waals surface area contributed by atoms with Crippen molar-refractivity contribution in [1.82, 2.24) is 10.2 Å². The number of fused-ring (bicyclic) bond motifs is 1. The van der Waals surface area contributed by atoms with Crippen molar-refractivity contribution in [3.63, 3.8) is 0 Å². The molecular weight excluding hydrogens is 304 g/mol. The minimum atomic E-state index is -3.02. The number of amides is 1. The number of carbonyl (C=O) groups is 1. The second-order valence-electron chi connectivity index (χ2n) is 5.60. The van der Waals surface area contributed by atoms with E-state index in [1.165, 1.54) is 0 Å². The molecule has 1 saturated heterocycles. The van der Waals surface area contributed by atoms with Gasteiger partial charge in [-0.3, -0.25) is 10.1 Å².